The summed E-state index contributed by atoms with van der Waals surface area (Å²) in [5.41, 5.74) is 7.70. The maximum Gasteiger partial charge on any atom is 0.312 e. The Morgan fingerprint density at radius 3 is 2.87 bits per heavy atom. The number of carbonyl (C=O) groups is 2. The van der Waals surface area contributed by atoms with Gasteiger partial charge in [-0.05, 0) is 48.8 Å². The van der Waals surface area contributed by atoms with Gasteiger partial charge >= 0.3 is 6.03 Å². The monoisotopic (exact) mass is 335 g/mol. The van der Waals surface area contributed by atoms with Gasteiger partial charge in [0.25, 0.3) is 0 Å². The van der Waals surface area contributed by atoms with E-state index in [-0.39, 0.29) is 11.9 Å². The number of hydrogen-bond donors (Lipinski definition) is 3. The number of benzene rings is 1. The van der Waals surface area contributed by atoms with Crippen molar-refractivity contribution < 1.29 is 9.59 Å². The number of amides is 3. The summed E-state index contributed by atoms with van der Waals surface area (Å²) < 4.78 is 0. The second-order valence-electron chi connectivity index (χ2n) is 5.85. The fourth-order valence-electron chi connectivity index (χ4n) is 3.02. The first kappa shape index (κ1) is 17.7. The van der Waals surface area contributed by atoms with Crippen LogP contribution in [-0.4, -0.2) is 30.0 Å². The molecule has 4 N–H and O–H groups in total. The van der Waals surface area contributed by atoms with E-state index in [1.54, 1.807) is 11.8 Å². The van der Waals surface area contributed by atoms with Crippen molar-refractivity contribution in [2.45, 2.75) is 44.2 Å². The molecule has 5 nitrogen and oxygen atoms in total. The normalized spacial score (nSPS) is 18.4. The fourth-order valence-corrected chi connectivity index (χ4v) is 3.49. The molecule has 0 bridgehead atoms. The molecule has 3 amide bonds. The second-order valence-corrected chi connectivity index (χ2v) is 6.83. The minimum atomic E-state index is -0.660. The quantitative estimate of drug-likeness (QED) is 0.698. The lowest BCUT2D eigenvalue weighted by atomic mass is 9.98. The average Bonchev–Trinajstić information content (AvgIpc) is 2.73. The van der Waals surface area contributed by atoms with Gasteiger partial charge in [-0.1, -0.05) is 30.7 Å². The van der Waals surface area contributed by atoms with Gasteiger partial charge < -0.3 is 16.4 Å². The average molecular weight is 335 g/mol. The van der Waals surface area contributed by atoms with E-state index in [2.05, 4.69) is 22.8 Å². The van der Waals surface area contributed by atoms with Gasteiger partial charge in [0, 0.05) is 0 Å². The second kappa shape index (κ2) is 8.82. The number of urea groups is 1. The fraction of sp³-hybridized carbons (Fsp3) is 0.529. The largest absolute Gasteiger partial charge is 0.352 e. The molecule has 1 aromatic carbocycles. The molecule has 2 rings (SSSR count). The van der Waals surface area contributed by atoms with Crippen LogP contribution in [0.5, 0.6) is 0 Å². The number of thioether (sulfide) groups is 1. The minimum Gasteiger partial charge on any atom is -0.352 e. The lowest BCUT2D eigenvalue weighted by molar-refractivity contribution is -0.123. The minimum absolute atomic E-state index is 0.00709. The van der Waals surface area contributed by atoms with Gasteiger partial charge in [-0.2, -0.15) is 11.8 Å². The molecule has 0 radical (unpaired) electrons. The van der Waals surface area contributed by atoms with Gasteiger partial charge in [0.1, 0.15) is 6.04 Å². The maximum atomic E-state index is 12.6. The number of primary amides is 1. The number of nitrogens with two attached hydrogens (primary N) is 1. The topological polar surface area (TPSA) is 84.2 Å². The zero-order valence-electron chi connectivity index (χ0n) is 13.5. The summed E-state index contributed by atoms with van der Waals surface area (Å²) in [4.78, 5) is 23.7. The molecule has 1 aliphatic rings. The summed E-state index contributed by atoms with van der Waals surface area (Å²) >= 11 is 1.64. The van der Waals surface area contributed by atoms with Crippen LogP contribution in [0.3, 0.4) is 0 Å². The smallest absolute Gasteiger partial charge is 0.312 e. The third-order valence-corrected chi connectivity index (χ3v) is 4.82. The number of carbonyl (C=O) groups excluding carboxylic acids is 2. The standard InChI is InChI=1S/C17H25N3O2S/c1-23-11-10-15(20-17(18)22)16(21)19-14-9-5-3-7-12-6-2-4-8-13(12)14/h2,4,6,8,14-15H,3,5,7,9-11H2,1H3,(H,19,21)(H3,18,20,22)/t14-,15+/m0/s1. The van der Waals surface area contributed by atoms with Crippen LogP contribution in [0.4, 0.5) is 4.79 Å². The predicted octanol–water partition coefficient (Wildman–Crippen LogP) is 2.36. The third-order valence-electron chi connectivity index (χ3n) is 4.18. The molecule has 0 unspecified atom stereocenters. The van der Waals surface area contributed by atoms with Crippen molar-refractivity contribution in [3.63, 3.8) is 0 Å². The van der Waals surface area contributed by atoms with Crippen molar-refractivity contribution in [1.29, 1.82) is 0 Å². The molecule has 0 spiro atoms. The van der Waals surface area contributed by atoms with E-state index in [0.29, 0.717) is 6.42 Å². The molecule has 0 saturated carbocycles. The van der Waals surface area contributed by atoms with Gasteiger partial charge in [0.05, 0.1) is 6.04 Å². The molecule has 0 aliphatic heterocycles. The Morgan fingerprint density at radius 1 is 1.35 bits per heavy atom. The summed E-state index contributed by atoms with van der Waals surface area (Å²) in [6.45, 7) is 0. The maximum absolute atomic E-state index is 12.6. The summed E-state index contributed by atoms with van der Waals surface area (Å²) in [6.07, 6.45) is 6.74. The van der Waals surface area contributed by atoms with Gasteiger partial charge in [0.15, 0.2) is 0 Å². The molecule has 6 heteroatoms. The van der Waals surface area contributed by atoms with E-state index in [1.807, 2.05) is 18.4 Å². The first-order chi connectivity index (χ1) is 11.1. The third kappa shape index (κ3) is 5.16. The molecular formula is C17H25N3O2S. The van der Waals surface area contributed by atoms with Crippen molar-refractivity contribution in [2.75, 3.05) is 12.0 Å². The Morgan fingerprint density at radius 2 is 2.13 bits per heavy atom. The van der Waals surface area contributed by atoms with E-state index in [1.165, 1.54) is 11.1 Å². The van der Waals surface area contributed by atoms with E-state index in [4.69, 9.17) is 5.73 Å². The van der Waals surface area contributed by atoms with E-state index in [0.717, 1.165) is 31.4 Å². The number of hydrogen-bond acceptors (Lipinski definition) is 3. The summed E-state index contributed by atoms with van der Waals surface area (Å²) in [5.74, 6) is 0.638. The lowest BCUT2D eigenvalue weighted by Gasteiger charge is -2.23. The highest BCUT2D eigenvalue weighted by Gasteiger charge is 2.25. The van der Waals surface area contributed by atoms with Crippen LogP contribution >= 0.6 is 11.8 Å². The van der Waals surface area contributed by atoms with Gasteiger partial charge in [-0.3, -0.25) is 4.79 Å². The molecular weight excluding hydrogens is 310 g/mol. The Kier molecular flexibility index (Phi) is 6.77. The van der Waals surface area contributed by atoms with Crippen molar-refractivity contribution in [1.82, 2.24) is 10.6 Å². The molecule has 0 heterocycles. The van der Waals surface area contributed by atoms with Gasteiger partial charge in [-0.15, -0.1) is 0 Å². The molecule has 23 heavy (non-hydrogen) atoms. The van der Waals surface area contributed by atoms with Crippen LogP contribution in [0.2, 0.25) is 0 Å². The van der Waals surface area contributed by atoms with Crippen molar-refractivity contribution in [2.24, 2.45) is 5.73 Å². The zero-order chi connectivity index (χ0) is 16.7. The van der Waals surface area contributed by atoms with Crippen LogP contribution in [-0.2, 0) is 11.2 Å². The number of fused-ring (bicyclic) bond motifs is 1. The Bertz CT molecular complexity index is 550. The van der Waals surface area contributed by atoms with E-state index < -0.39 is 12.1 Å². The Hall–Kier alpha value is -1.69. The van der Waals surface area contributed by atoms with Gasteiger partial charge in [0.2, 0.25) is 5.91 Å². The highest BCUT2D eigenvalue weighted by Crippen LogP contribution is 2.28. The highest BCUT2D eigenvalue weighted by atomic mass is 32.2. The Labute approximate surface area is 141 Å². The molecule has 0 fully saturated rings. The molecule has 1 aromatic rings. The van der Waals surface area contributed by atoms with Crippen LogP contribution in [0, 0.1) is 0 Å². The molecule has 0 saturated heterocycles. The first-order valence-corrected chi connectivity index (χ1v) is 9.44. The summed E-state index contributed by atoms with van der Waals surface area (Å²) in [6, 6.07) is 7.04. The van der Waals surface area contributed by atoms with Crippen LogP contribution in [0.1, 0.15) is 42.9 Å². The van der Waals surface area contributed by atoms with Crippen LogP contribution in [0.25, 0.3) is 0 Å². The molecule has 0 aromatic heterocycles. The van der Waals surface area contributed by atoms with Gasteiger partial charge in [-0.25, -0.2) is 4.79 Å². The van der Waals surface area contributed by atoms with Crippen LogP contribution < -0.4 is 16.4 Å². The molecule has 2 atom stereocenters. The summed E-state index contributed by atoms with van der Waals surface area (Å²) in [7, 11) is 0. The Balaban J connectivity index is 2.09. The highest BCUT2D eigenvalue weighted by molar-refractivity contribution is 7.98. The number of aryl methyl sites for hydroxylation is 1. The SMILES string of the molecule is CSCC[C@@H](NC(N)=O)C(=O)N[C@H]1CCCCc2ccccc21. The lowest BCUT2D eigenvalue weighted by Crippen LogP contribution is -2.49. The first-order valence-electron chi connectivity index (χ1n) is 8.05. The molecule has 1 aliphatic carbocycles. The van der Waals surface area contributed by atoms with Crippen molar-refractivity contribution in [3.8, 4) is 0 Å². The predicted molar refractivity (Wildman–Crippen MR) is 94.4 cm³/mol. The number of rotatable bonds is 6. The zero-order valence-corrected chi connectivity index (χ0v) is 14.3. The van der Waals surface area contributed by atoms with Crippen molar-refractivity contribution in [3.05, 3.63) is 35.4 Å². The molecule has 126 valence electrons. The van der Waals surface area contributed by atoms with E-state index in [9.17, 15) is 9.59 Å². The van der Waals surface area contributed by atoms with E-state index >= 15 is 0 Å². The van der Waals surface area contributed by atoms with Crippen LogP contribution in [0.15, 0.2) is 24.3 Å². The van der Waals surface area contributed by atoms with Crippen molar-refractivity contribution >= 4 is 23.7 Å². The summed E-state index contributed by atoms with van der Waals surface area (Å²) in [5, 5.41) is 5.67. The number of nitrogens with one attached hydrogen (secondary N) is 2.